The topological polar surface area (TPSA) is 32.7 Å². The minimum atomic E-state index is -0.179. The second kappa shape index (κ2) is 4.77. The van der Waals surface area contributed by atoms with E-state index in [4.69, 9.17) is 4.74 Å². The summed E-state index contributed by atoms with van der Waals surface area (Å²) < 4.78 is 5.74. The molecule has 1 aromatic rings. The molecule has 17 heavy (non-hydrogen) atoms. The fourth-order valence-electron chi connectivity index (χ4n) is 3.02. The third-order valence-corrected chi connectivity index (χ3v) is 3.86. The standard InChI is InChI=1S/C14H19NO2/c16-12-8-13-14(9-12)17-7-6-15(13)10-11-4-2-1-3-5-11/h1-5,12-14,16H,6-10H2/t12?,13-,14-/m1/s1. The predicted molar refractivity (Wildman–Crippen MR) is 65.6 cm³/mol. The number of aliphatic hydroxyl groups is 1. The lowest BCUT2D eigenvalue weighted by atomic mass is 10.1. The molecule has 3 rings (SSSR count). The van der Waals surface area contributed by atoms with E-state index < -0.39 is 0 Å². The van der Waals surface area contributed by atoms with Crippen LogP contribution in [0.15, 0.2) is 30.3 Å². The third-order valence-electron chi connectivity index (χ3n) is 3.86. The number of aliphatic hydroxyl groups excluding tert-OH is 1. The number of fused-ring (bicyclic) bond motifs is 1. The minimum Gasteiger partial charge on any atom is -0.393 e. The lowest BCUT2D eigenvalue weighted by molar-refractivity contribution is -0.0592. The number of rotatable bonds is 2. The summed E-state index contributed by atoms with van der Waals surface area (Å²) in [6, 6.07) is 10.9. The molecule has 0 amide bonds. The van der Waals surface area contributed by atoms with Gasteiger partial charge in [-0.05, 0) is 12.0 Å². The number of hydrogen-bond donors (Lipinski definition) is 1. The van der Waals surface area contributed by atoms with Crippen molar-refractivity contribution in [3.8, 4) is 0 Å². The van der Waals surface area contributed by atoms with Gasteiger partial charge in [-0.25, -0.2) is 0 Å². The minimum absolute atomic E-state index is 0.179. The van der Waals surface area contributed by atoms with Crippen LogP contribution in [-0.2, 0) is 11.3 Å². The van der Waals surface area contributed by atoms with Gasteiger partial charge in [-0.3, -0.25) is 4.90 Å². The first-order valence-corrected chi connectivity index (χ1v) is 6.40. The highest BCUT2D eigenvalue weighted by Crippen LogP contribution is 2.30. The smallest absolute Gasteiger partial charge is 0.0756 e. The van der Waals surface area contributed by atoms with Crippen LogP contribution in [0.1, 0.15) is 18.4 Å². The van der Waals surface area contributed by atoms with Gasteiger partial charge in [-0.2, -0.15) is 0 Å². The Morgan fingerprint density at radius 2 is 2.06 bits per heavy atom. The van der Waals surface area contributed by atoms with Crippen LogP contribution in [0.2, 0.25) is 0 Å². The van der Waals surface area contributed by atoms with Crippen molar-refractivity contribution in [3.63, 3.8) is 0 Å². The molecule has 3 heteroatoms. The first kappa shape index (κ1) is 11.2. The summed E-state index contributed by atoms with van der Waals surface area (Å²) >= 11 is 0. The summed E-state index contributed by atoms with van der Waals surface area (Å²) in [6.45, 7) is 2.74. The van der Waals surface area contributed by atoms with E-state index in [-0.39, 0.29) is 12.2 Å². The van der Waals surface area contributed by atoms with E-state index >= 15 is 0 Å². The van der Waals surface area contributed by atoms with Gasteiger partial charge in [0.2, 0.25) is 0 Å². The van der Waals surface area contributed by atoms with Gasteiger partial charge in [0.1, 0.15) is 0 Å². The second-order valence-corrected chi connectivity index (χ2v) is 5.06. The Balaban J connectivity index is 1.70. The van der Waals surface area contributed by atoms with Gasteiger partial charge in [-0.1, -0.05) is 30.3 Å². The second-order valence-electron chi connectivity index (χ2n) is 5.06. The predicted octanol–water partition coefficient (Wildman–Crippen LogP) is 1.41. The van der Waals surface area contributed by atoms with Gasteiger partial charge in [0.05, 0.1) is 18.8 Å². The summed E-state index contributed by atoms with van der Waals surface area (Å²) in [5.74, 6) is 0. The number of hydrogen-bond acceptors (Lipinski definition) is 3. The molecule has 1 unspecified atom stereocenters. The zero-order valence-corrected chi connectivity index (χ0v) is 9.96. The van der Waals surface area contributed by atoms with Crippen molar-refractivity contribution in [3.05, 3.63) is 35.9 Å². The van der Waals surface area contributed by atoms with Crippen molar-refractivity contribution < 1.29 is 9.84 Å². The quantitative estimate of drug-likeness (QED) is 0.838. The van der Waals surface area contributed by atoms with E-state index in [2.05, 4.69) is 29.2 Å². The van der Waals surface area contributed by atoms with Gasteiger partial charge in [0, 0.05) is 25.6 Å². The summed E-state index contributed by atoms with van der Waals surface area (Å²) in [7, 11) is 0. The summed E-state index contributed by atoms with van der Waals surface area (Å²) in [6.07, 6.45) is 1.72. The first-order valence-electron chi connectivity index (χ1n) is 6.40. The highest BCUT2D eigenvalue weighted by molar-refractivity contribution is 5.15. The molecule has 1 saturated heterocycles. The number of nitrogens with zero attached hydrogens (tertiary/aromatic N) is 1. The first-order chi connectivity index (χ1) is 8.33. The molecule has 92 valence electrons. The molecule has 2 aliphatic rings. The Kier molecular flexibility index (Phi) is 3.14. The van der Waals surface area contributed by atoms with E-state index in [1.54, 1.807) is 0 Å². The molecule has 2 fully saturated rings. The SMILES string of the molecule is OC1C[C@@H]2[C@@H](C1)OCCN2Cc1ccccc1. The van der Waals surface area contributed by atoms with Gasteiger partial charge in [-0.15, -0.1) is 0 Å². The molecule has 1 heterocycles. The molecule has 0 radical (unpaired) electrons. The molecule has 0 spiro atoms. The normalized spacial score (nSPS) is 33.6. The maximum atomic E-state index is 9.74. The number of benzene rings is 1. The maximum Gasteiger partial charge on any atom is 0.0756 e. The molecule has 1 aliphatic carbocycles. The number of ether oxygens (including phenoxy) is 1. The van der Waals surface area contributed by atoms with Crippen molar-refractivity contribution in [1.29, 1.82) is 0 Å². The van der Waals surface area contributed by atoms with E-state index in [0.29, 0.717) is 6.04 Å². The van der Waals surface area contributed by atoms with Crippen LogP contribution < -0.4 is 0 Å². The molecule has 3 atom stereocenters. The molecule has 1 saturated carbocycles. The van der Waals surface area contributed by atoms with Gasteiger partial charge in [0.25, 0.3) is 0 Å². The molecular formula is C14H19NO2. The average molecular weight is 233 g/mol. The molecule has 3 nitrogen and oxygen atoms in total. The third kappa shape index (κ3) is 2.37. The van der Waals surface area contributed by atoms with Crippen LogP contribution in [-0.4, -0.2) is 41.4 Å². The molecule has 1 N–H and O–H groups in total. The maximum absolute atomic E-state index is 9.74. The Morgan fingerprint density at radius 1 is 1.24 bits per heavy atom. The average Bonchev–Trinajstić information content (AvgIpc) is 2.72. The molecule has 0 bridgehead atoms. The van der Waals surface area contributed by atoms with E-state index in [9.17, 15) is 5.11 Å². The van der Waals surface area contributed by atoms with Crippen molar-refractivity contribution in [2.24, 2.45) is 0 Å². The van der Waals surface area contributed by atoms with Crippen molar-refractivity contribution >= 4 is 0 Å². The molecular weight excluding hydrogens is 214 g/mol. The van der Waals surface area contributed by atoms with Crippen molar-refractivity contribution in [2.45, 2.75) is 37.6 Å². The monoisotopic (exact) mass is 233 g/mol. The molecule has 1 aliphatic heterocycles. The lowest BCUT2D eigenvalue weighted by Gasteiger charge is -2.37. The van der Waals surface area contributed by atoms with Crippen LogP contribution in [0, 0.1) is 0 Å². The summed E-state index contributed by atoms with van der Waals surface area (Å²) in [5.41, 5.74) is 1.34. The van der Waals surface area contributed by atoms with Crippen LogP contribution in [0.3, 0.4) is 0 Å². The summed E-state index contributed by atoms with van der Waals surface area (Å²) in [5, 5.41) is 9.74. The summed E-state index contributed by atoms with van der Waals surface area (Å²) in [4.78, 5) is 2.46. The fraction of sp³-hybridized carbons (Fsp3) is 0.571. The van der Waals surface area contributed by atoms with Gasteiger partial charge < -0.3 is 9.84 Å². The van der Waals surface area contributed by atoms with Crippen LogP contribution in [0.4, 0.5) is 0 Å². The molecule has 1 aromatic carbocycles. The van der Waals surface area contributed by atoms with Crippen molar-refractivity contribution in [2.75, 3.05) is 13.2 Å². The van der Waals surface area contributed by atoms with Crippen LogP contribution in [0.25, 0.3) is 0 Å². The fourth-order valence-corrected chi connectivity index (χ4v) is 3.02. The highest BCUT2D eigenvalue weighted by Gasteiger charge is 2.40. The zero-order chi connectivity index (χ0) is 11.7. The van der Waals surface area contributed by atoms with E-state index in [0.717, 1.165) is 32.5 Å². The Hall–Kier alpha value is -0.900. The van der Waals surface area contributed by atoms with Crippen LogP contribution >= 0.6 is 0 Å². The number of morpholine rings is 1. The highest BCUT2D eigenvalue weighted by atomic mass is 16.5. The Morgan fingerprint density at radius 3 is 2.88 bits per heavy atom. The zero-order valence-electron chi connectivity index (χ0n) is 9.96. The van der Waals surface area contributed by atoms with E-state index in [1.807, 2.05) is 6.07 Å². The van der Waals surface area contributed by atoms with Gasteiger partial charge in [0.15, 0.2) is 0 Å². The van der Waals surface area contributed by atoms with Gasteiger partial charge >= 0.3 is 0 Å². The molecule has 0 aromatic heterocycles. The van der Waals surface area contributed by atoms with Crippen LogP contribution in [0.5, 0.6) is 0 Å². The van der Waals surface area contributed by atoms with E-state index in [1.165, 1.54) is 5.56 Å². The van der Waals surface area contributed by atoms with Crippen molar-refractivity contribution in [1.82, 2.24) is 4.90 Å². The lowest BCUT2D eigenvalue weighted by Crippen LogP contribution is -2.47. The largest absolute Gasteiger partial charge is 0.393 e. The Labute approximate surface area is 102 Å². The Bertz CT molecular complexity index is 368.